The van der Waals surface area contributed by atoms with Gasteiger partial charge < -0.3 is 15.1 Å². The van der Waals surface area contributed by atoms with E-state index >= 15 is 0 Å². The van der Waals surface area contributed by atoms with Crippen molar-refractivity contribution >= 4 is 29.2 Å². The van der Waals surface area contributed by atoms with Crippen molar-refractivity contribution in [3.05, 3.63) is 38.9 Å². The lowest BCUT2D eigenvalue weighted by atomic mass is 9.91. The normalized spacial score (nSPS) is 16.9. The van der Waals surface area contributed by atoms with Crippen molar-refractivity contribution in [2.75, 3.05) is 13.1 Å². The first-order chi connectivity index (χ1) is 10.7. The van der Waals surface area contributed by atoms with E-state index in [9.17, 15) is 24.8 Å². The van der Waals surface area contributed by atoms with Gasteiger partial charge in [-0.1, -0.05) is 17.7 Å². The summed E-state index contributed by atoms with van der Waals surface area (Å²) in [7, 11) is 0. The highest BCUT2D eigenvalue weighted by Gasteiger charge is 2.40. The maximum Gasteiger partial charge on any atom is 0.335 e. The zero-order valence-electron chi connectivity index (χ0n) is 12.1. The lowest BCUT2D eigenvalue weighted by Crippen LogP contribution is -2.51. The number of hydrogen-bond donors (Lipinski definition) is 2. The fraction of sp³-hybridized carbons (Fsp3) is 0.429. The number of halogens is 1. The Morgan fingerprint density at radius 2 is 1.96 bits per heavy atom. The molecule has 0 atom stereocenters. The first-order valence-corrected chi connectivity index (χ1v) is 7.27. The first-order valence-electron chi connectivity index (χ1n) is 6.89. The number of non-ortho nitro benzene ring substituents is 1. The van der Waals surface area contributed by atoms with Crippen LogP contribution in [0.2, 0.25) is 5.02 Å². The van der Waals surface area contributed by atoms with Crippen molar-refractivity contribution in [1.82, 2.24) is 4.90 Å². The number of rotatable bonds is 4. The molecular formula is C14H15ClN2O6. The van der Waals surface area contributed by atoms with Crippen LogP contribution in [0, 0.1) is 10.1 Å². The van der Waals surface area contributed by atoms with Crippen molar-refractivity contribution in [3.8, 4) is 0 Å². The molecule has 1 amide bonds. The first kappa shape index (κ1) is 17.2. The van der Waals surface area contributed by atoms with E-state index in [0.717, 1.165) is 0 Å². The molecule has 1 aromatic rings. The fourth-order valence-corrected chi connectivity index (χ4v) is 2.65. The average Bonchev–Trinajstić information content (AvgIpc) is 2.49. The number of nitro benzene ring substituents is 1. The van der Waals surface area contributed by atoms with Crippen molar-refractivity contribution in [3.63, 3.8) is 0 Å². The van der Waals surface area contributed by atoms with Gasteiger partial charge in [-0.3, -0.25) is 14.9 Å². The Hall–Kier alpha value is -2.19. The summed E-state index contributed by atoms with van der Waals surface area (Å²) in [6, 6.07) is 3.88. The summed E-state index contributed by atoms with van der Waals surface area (Å²) in [4.78, 5) is 34.7. The monoisotopic (exact) mass is 342 g/mol. The number of hydrogen-bond acceptors (Lipinski definition) is 5. The molecule has 0 unspecified atom stereocenters. The number of carboxylic acids is 1. The van der Waals surface area contributed by atoms with E-state index in [1.807, 2.05) is 0 Å². The molecule has 2 N–H and O–H groups in total. The molecule has 0 bridgehead atoms. The second-order valence-electron chi connectivity index (χ2n) is 5.43. The molecule has 0 saturated carbocycles. The molecule has 0 aliphatic carbocycles. The predicted molar refractivity (Wildman–Crippen MR) is 80.2 cm³/mol. The Kier molecular flexibility index (Phi) is 4.86. The van der Waals surface area contributed by atoms with Gasteiger partial charge in [0.15, 0.2) is 5.60 Å². The molecule has 0 radical (unpaired) electrons. The number of amides is 1. The maximum atomic E-state index is 12.2. The molecule has 1 heterocycles. The van der Waals surface area contributed by atoms with Gasteiger partial charge in [-0.15, -0.1) is 0 Å². The van der Waals surface area contributed by atoms with Crippen LogP contribution < -0.4 is 0 Å². The van der Waals surface area contributed by atoms with Crippen molar-refractivity contribution in [1.29, 1.82) is 0 Å². The summed E-state index contributed by atoms with van der Waals surface area (Å²) < 4.78 is 0. The van der Waals surface area contributed by atoms with Gasteiger partial charge >= 0.3 is 5.97 Å². The minimum absolute atomic E-state index is 0.0394. The Morgan fingerprint density at radius 1 is 1.35 bits per heavy atom. The third-order valence-electron chi connectivity index (χ3n) is 3.93. The van der Waals surface area contributed by atoms with Gasteiger partial charge in [0.05, 0.1) is 16.4 Å². The second-order valence-corrected chi connectivity index (χ2v) is 5.83. The Morgan fingerprint density at radius 3 is 2.43 bits per heavy atom. The molecule has 1 aromatic carbocycles. The molecule has 9 heteroatoms. The highest BCUT2D eigenvalue weighted by molar-refractivity contribution is 6.31. The topological polar surface area (TPSA) is 121 Å². The second kappa shape index (κ2) is 6.51. The Bertz CT molecular complexity index is 655. The quantitative estimate of drug-likeness (QED) is 0.627. The SMILES string of the molecule is O=C(Cc1ccc([N+](=O)[O-])cc1Cl)N1CCC(O)(C(=O)O)CC1. The third-order valence-corrected chi connectivity index (χ3v) is 4.28. The number of carbonyl (C=O) groups excluding carboxylic acids is 1. The van der Waals surface area contributed by atoms with Crippen molar-refractivity contribution in [2.45, 2.75) is 24.9 Å². The number of carbonyl (C=O) groups is 2. The number of carboxylic acid groups (broad SMARTS) is 1. The number of piperidine rings is 1. The van der Waals surface area contributed by atoms with E-state index in [1.54, 1.807) is 0 Å². The van der Waals surface area contributed by atoms with Crippen LogP contribution in [0.3, 0.4) is 0 Å². The van der Waals surface area contributed by atoms with Gasteiger partial charge in [0.25, 0.3) is 5.69 Å². The molecule has 0 spiro atoms. The number of benzene rings is 1. The van der Waals surface area contributed by atoms with Crippen LogP contribution in [0.15, 0.2) is 18.2 Å². The molecule has 124 valence electrons. The van der Waals surface area contributed by atoms with Crippen LogP contribution in [0.25, 0.3) is 0 Å². The van der Waals surface area contributed by atoms with E-state index in [2.05, 4.69) is 0 Å². The molecule has 1 aliphatic rings. The molecule has 23 heavy (non-hydrogen) atoms. The molecule has 0 aromatic heterocycles. The summed E-state index contributed by atoms with van der Waals surface area (Å²) in [5.74, 6) is -1.56. The van der Waals surface area contributed by atoms with Crippen LogP contribution in [0.5, 0.6) is 0 Å². The van der Waals surface area contributed by atoms with Crippen molar-refractivity contribution in [2.24, 2.45) is 0 Å². The minimum atomic E-state index is -1.79. The largest absolute Gasteiger partial charge is 0.479 e. The molecule has 1 saturated heterocycles. The third kappa shape index (κ3) is 3.77. The number of aliphatic hydroxyl groups is 1. The Labute approximate surface area is 136 Å². The van der Waals surface area contributed by atoms with E-state index in [4.69, 9.17) is 16.7 Å². The molecule has 1 aliphatic heterocycles. The van der Waals surface area contributed by atoms with Gasteiger partial charge in [-0.05, 0) is 5.56 Å². The molecule has 8 nitrogen and oxygen atoms in total. The average molecular weight is 343 g/mol. The number of aliphatic carboxylic acids is 1. The molecular weight excluding hydrogens is 328 g/mol. The van der Waals surface area contributed by atoms with E-state index in [0.29, 0.717) is 5.56 Å². The molecule has 1 fully saturated rings. The number of likely N-dealkylation sites (tertiary alicyclic amines) is 1. The summed E-state index contributed by atoms with van der Waals surface area (Å²) in [5, 5.41) is 29.6. The fourth-order valence-electron chi connectivity index (χ4n) is 2.41. The van der Waals surface area contributed by atoms with Crippen LogP contribution in [0.4, 0.5) is 5.69 Å². The zero-order chi connectivity index (χ0) is 17.2. The van der Waals surface area contributed by atoms with Crippen LogP contribution >= 0.6 is 11.6 Å². The molecule has 2 rings (SSSR count). The highest BCUT2D eigenvalue weighted by atomic mass is 35.5. The summed E-state index contributed by atoms with van der Waals surface area (Å²) in [5.41, 5.74) is -1.49. The summed E-state index contributed by atoms with van der Waals surface area (Å²) in [6.07, 6.45) is -0.119. The van der Waals surface area contributed by atoms with E-state index in [1.165, 1.54) is 23.1 Å². The van der Waals surface area contributed by atoms with Gasteiger partial charge in [0, 0.05) is 38.1 Å². The van der Waals surface area contributed by atoms with Crippen LogP contribution in [-0.4, -0.2) is 50.6 Å². The minimum Gasteiger partial charge on any atom is -0.479 e. The lowest BCUT2D eigenvalue weighted by Gasteiger charge is -2.35. The lowest BCUT2D eigenvalue weighted by molar-refractivity contribution is -0.384. The van der Waals surface area contributed by atoms with Crippen LogP contribution in [-0.2, 0) is 16.0 Å². The Balaban J connectivity index is 2.01. The van der Waals surface area contributed by atoms with Gasteiger partial charge in [-0.25, -0.2) is 4.79 Å². The highest BCUT2D eigenvalue weighted by Crippen LogP contribution is 2.25. The van der Waals surface area contributed by atoms with Gasteiger partial charge in [0.1, 0.15) is 0 Å². The van der Waals surface area contributed by atoms with E-state index in [-0.39, 0.29) is 49.0 Å². The number of nitrogens with zero attached hydrogens (tertiary/aromatic N) is 2. The standard InChI is InChI=1S/C14H15ClN2O6/c15-11-8-10(17(22)23)2-1-9(11)7-12(18)16-5-3-14(21,4-6-16)13(19)20/h1-2,8,21H,3-7H2,(H,19,20). The number of nitro groups is 1. The predicted octanol–water partition coefficient (Wildman–Crippen LogP) is 1.23. The summed E-state index contributed by atoms with van der Waals surface area (Å²) >= 11 is 5.95. The summed E-state index contributed by atoms with van der Waals surface area (Å²) in [6.45, 7) is 0.262. The van der Waals surface area contributed by atoms with E-state index < -0.39 is 16.5 Å². The van der Waals surface area contributed by atoms with Crippen molar-refractivity contribution < 1.29 is 24.7 Å². The van der Waals surface area contributed by atoms with Gasteiger partial charge in [-0.2, -0.15) is 0 Å². The van der Waals surface area contributed by atoms with Gasteiger partial charge in [0.2, 0.25) is 5.91 Å². The van der Waals surface area contributed by atoms with Crippen LogP contribution in [0.1, 0.15) is 18.4 Å². The maximum absolute atomic E-state index is 12.2. The smallest absolute Gasteiger partial charge is 0.335 e. The zero-order valence-corrected chi connectivity index (χ0v) is 12.8.